The summed E-state index contributed by atoms with van der Waals surface area (Å²) >= 11 is 3.48. The highest BCUT2D eigenvalue weighted by molar-refractivity contribution is 9.10. The lowest BCUT2D eigenvalue weighted by Crippen LogP contribution is -2.46. The van der Waals surface area contributed by atoms with Crippen LogP contribution in [0.2, 0.25) is 0 Å². The molecule has 5 heteroatoms. The summed E-state index contributed by atoms with van der Waals surface area (Å²) in [4.78, 5) is 18.9. The summed E-state index contributed by atoms with van der Waals surface area (Å²) in [6, 6.07) is 16.4. The molecule has 1 amide bonds. The van der Waals surface area contributed by atoms with E-state index < -0.39 is 0 Å². The van der Waals surface area contributed by atoms with Crippen molar-refractivity contribution in [3.63, 3.8) is 0 Å². The van der Waals surface area contributed by atoms with Gasteiger partial charge in [0.15, 0.2) is 0 Å². The molecule has 0 saturated carbocycles. The third-order valence-corrected chi connectivity index (χ3v) is 6.65. The fraction of sp³-hybridized carbons (Fsp3) is 0.261. The topological polar surface area (TPSA) is 56.3 Å². The summed E-state index contributed by atoms with van der Waals surface area (Å²) in [6.07, 6.45) is 1.60. The van der Waals surface area contributed by atoms with Crippen LogP contribution in [-0.4, -0.2) is 27.4 Å². The van der Waals surface area contributed by atoms with Gasteiger partial charge < -0.3 is 15.0 Å². The molecule has 2 aliphatic heterocycles. The molecule has 3 aromatic rings. The maximum Gasteiger partial charge on any atom is 0.254 e. The van der Waals surface area contributed by atoms with Crippen LogP contribution in [0.1, 0.15) is 42.1 Å². The highest BCUT2D eigenvalue weighted by atomic mass is 79.9. The Bertz CT molecular complexity index is 1110. The van der Waals surface area contributed by atoms with Crippen molar-refractivity contribution in [2.24, 2.45) is 0 Å². The normalized spacial score (nSPS) is 23.5. The third kappa shape index (κ3) is 2.60. The van der Waals surface area contributed by atoms with Crippen molar-refractivity contribution >= 4 is 32.7 Å². The van der Waals surface area contributed by atoms with E-state index in [1.165, 1.54) is 10.9 Å². The van der Waals surface area contributed by atoms with Crippen molar-refractivity contribution in [1.29, 1.82) is 0 Å². The first-order valence-corrected chi connectivity index (χ1v) is 10.4. The standard InChI is InChI=1S/C23H21BrN2O2/c1-13(27)21-18(14-6-8-15(24)9-7-14)12-20-22-17(10-11-26(20)23(21)28)16-4-2-3-5-19(16)25-22/h2-9,18,20,25,27H,10-12H2,1H3/b21-13-/t18-,20-/m0/s1. The van der Waals surface area contributed by atoms with Crippen molar-refractivity contribution in [3.05, 3.63) is 81.2 Å². The van der Waals surface area contributed by atoms with Gasteiger partial charge >= 0.3 is 0 Å². The molecule has 0 bridgehead atoms. The maximum absolute atomic E-state index is 13.4. The predicted molar refractivity (Wildman–Crippen MR) is 113 cm³/mol. The van der Waals surface area contributed by atoms with E-state index in [1.54, 1.807) is 6.92 Å². The average Bonchev–Trinajstić information content (AvgIpc) is 3.07. The first-order valence-electron chi connectivity index (χ1n) is 9.60. The molecule has 28 heavy (non-hydrogen) atoms. The van der Waals surface area contributed by atoms with Crippen LogP contribution < -0.4 is 0 Å². The largest absolute Gasteiger partial charge is 0.512 e. The highest BCUT2D eigenvalue weighted by Crippen LogP contribution is 2.47. The van der Waals surface area contributed by atoms with Crippen molar-refractivity contribution in [2.45, 2.75) is 31.7 Å². The number of H-pyrrole nitrogens is 1. The molecular formula is C23H21BrN2O2. The summed E-state index contributed by atoms with van der Waals surface area (Å²) in [6.45, 7) is 2.31. The Morgan fingerprint density at radius 2 is 1.93 bits per heavy atom. The molecule has 2 N–H and O–H groups in total. The number of nitrogens with zero attached hydrogens (tertiary/aromatic N) is 1. The molecule has 1 saturated heterocycles. The molecule has 5 rings (SSSR count). The van der Waals surface area contributed by atoms with Crippen LogP contribution in [0.15, 0.2) is 64.3 Å². The van der Waals surface area contributed by atoms with E-state index in [0.717, 1.165) is 34.1 Å². The lowest BCUT2D eigenvalue weighted by atomic mass is 9.77. The van der Waals surface area contributed by atoms with Crippen LogP contribution in [0, 0.1) is 0 Å². The van der Waals surface area contributed by atoms with Gasteiger partial charge in [0.1, 0.15) is 0 Å². The minimum atomic E-state index is -0.121. The van der Waals surface area contributed by atoms with Gasteiger partial charge in [-0.05, 0) is 49.1 Å². The lowest BCUT2D eigenvalue weighted by molar-refractivity contribution is -0.133. The Balaban J connectivity index is 1.64. The van der Waals surface area contributed by atoms with E-state index in [1.807, 2.05) is 35.2 Å². The summed E-state index contributed by atoms with van der Waals surface area (Å²) in [5.74, 6) is -0.0449. The minimum absolute atomic E-state index is 0.000367. The number of halogens is 1. The Hall–Kier alpha value is -2.53. The number of aliphatic hydroxyl groups excluding tert-OH is 1. The Morgan fingerprint density at radius 3 is 2.68 bits per heavy atom. The van der Waals surface area contributed by atoms with Gasteiger partial charge in [-0.15, -0.1) is 0 Å². The number of nitrogens with one attached hydrogen (secondary N) is 1. The molecule has 2 aromatic carbocycles. The number of hydrogen-bond acceptors (Lipinski definition) is 2. The van der Waals surface area contributed by atoms with E-state index in [9.17, 15) is 9.90 Å². The number of rotatable bonds is 1. The predicted octanol–water partition coefficient (Wildman–Crippen LogP) is 5.38. The molecule has 1 fully saturated rings. The minimum Gasteiger partial charge on any atom is -0.512 e. The Kier molecular flexibility index (Phi) is 4.09. The quantitative estimate of drug-likeness (QED) is 0.397. The highest BCUT2D eigenvalue weighted by Gasteiger charge is 2.43. The number of allylic oxidation sites excluding steroid dienone is 1. The number of para-hydroxylation sites is 1. The summed E-state index contributed by atoms with van der Waals surface area (Å²) < 4.78 is 1.00. The molecule has 2 aliphatic rings. The number of hydrogen-bond donors (Lipinski definition) is 2. The fourth-order valence-electron chi connectivity index (χ4n) is 4.86. The monoisotopic (exact) mass is 436 g/mol. The number of amides is 1. The number of aliphatic hydroxyl groups is 1. The number of fused-ring (bicyclic) bond motifs is 5. The molecule has 1 aromatic heterocycles. The number of aromatic nitrogens is 1. The van der Waals surface area contributed by atoms with Gasteiger partial charge in [0.05, 0.1) is 17.4 Å². The van der Waals surface area contributed by atoms with Gasteiger partial charge in [-0.2, -0.15) is 0 Å². The smallest absolute Gasteiger partial charge is 0.254 e. The molecule has 0 spiro atoms. The van der Waals surface area contributed by atoms with Crippen LogP contribution in [0.5, 0.6) is 0 Å². The number of aromatic amines is 1. The van der Waals surface area contributed by atoms with Crippen LogP contribution in [0.3, 0.4) is 0 Å². The van der Waals surface area contributed by atoms with Gasteiger partial charge in [-0.25, -0.2) is 0 Å². The van der Waals surface area contributed by atoms with Gasteiger partial charge in [-0.1, -0.05) is 46.3 Å². The van der Waals surface area contributed by atoms with Crippen LogP contribution in [-0.2, 0) is 11.2 Å². The summed E-state index contributed by atoms with van der Waals surface area (Å²) in [7, 11) is 0. The van der Waals surface area contributed by atoms with E-state index in [-0.39, 0.29) is 23.6 Å². The van der Waals surface area contributed by atoms with Crippen LogP contribution >= 0.6 is 15.9 Å². The lowest BCUT2D eigenvalue weighted by Gasteiger charge is -2.43. The molecule has 142 valence electrons. The molecule has 4 nitrogen and oxygen atoms in total. The molecule has 2 atom stereocenters. The summed E-state index contributed by atoms with van der Waals surface area (Å²) in [5.41, 5.74) is 5.19. The number of carbonyl (C=O) groups excluding carboxylic acids is 1. The van der Waals surface area contributed by atoms with Crippen molar-refractivity contribution in [2.75, 3.05) is 6.54 Å². The van der Waals surface area contributed by atoms with Crippen molar-refractivity contribution in [3.8, 4) is 0 Å². The number of carbonyl (C=O) groups is 1. The van der Waals surface area contributed by atoms with Crippen molar-refractivity contribution < 1.29 is 9.90 Å². The summed E-state index contributed by atoms with van der Waals surface area (Å²) in [5, 5.41) is 11.6. The second-order valence-electron chi connectivity index (χ2n) is 7.67. The fourth-order valence-corrected chi connectivity index (χ4v) is 5.12. The second kappa shape index (κ2) is 6.52. The number of piperidine rings is 1. The average molecular weight is 437 g/mol. The van der Waals surface area contributed by atoms with Gasteiger partial charge in [0.25, 0.3) is 5.91 Å². The van der Waals surface area contributed by atoms with E-state index in [0.29, 0.717) is 12.1 Å². The zero-order valence-corrected chi connectivity index (χ0v) is 17.2. The van der Waals surface area contributed by atoms with Gasteiger partial charge in [0.2, 0.25) is 0 Å². The van der Waals surface area contributed by atoms with Crippen LogP contribution in [0.4, 0.5) is 0 Å². The SMILES string of the molecule is C/C(O)=C1/C(=O)N2CCc3c([nH]c4ccccc34)[C@@H]2C[C@H]1c1ccc(Br)cc1. The first kappa shape index (κ1) is 17.6. The molecule has 0 aliphatic carbocycles. The number of benzene rings is 2. The molecule has 0 radical (unpaired) electrons. The maximum atomic E-state index is 13.4. The third-order valence-electron chi connectivity index (χ3n) is 6.12. The zero-order chi connectivity index (χ0) is 19.4. The van der Waals surface area contributed by atoms with E-state index in [4.69, 9.17) is 0 Å². The van der Waals surface area contributed by atoms with Crippen LogP contribution in [0.25, 0.3) is 10.9 Å². The first-order chi connectivity index (χ1) is 13.5. The molecule has 3 heterocycles. The van der Waals surface area contributed by atoms with E-state index >= 15 is 0 Å². The van der Waals surface area contributed by atoms with E-state index in [2.05, 4.69) is 39.1 Å². The Labute approximate surface area is 172 Å². The molecule has 0 unspecified atom stereocenters. The van der Waals surface area contributed by atoms with Crippen molar-refractivity contribution in [1.82, 2.24) is 9.88 Å². The van der Waals surface area contributed by atoms with Gasteiger partial charge in [-0.3, -0.25) is 4.79 Å². The second-order valence-corrected chi connectivity index (χ2v) is 8.58. The molecular weight excluding hydrogens is 416 g/mol. The Morgan fingerprint density at radius 1 is 1.18 bits per heavy atom. The zero-order valence-electron chi connectivity index (χ0n) is 15.6. The van der Waals surface area contributed by atoms with Gasteiger partial charge in [0, 0.05) is 33.5 Å².